The average molecular weight is 646 g/mol. The van der Waals surface area contributed by atoms with Gasteiger partial charge in [0.1, 0.15) is 47.1 Å². The smallest absolute Gasteiger partial charge is 0.319 e. The molecule has 0 spiro atoms. The first-order valence-corrected chi connectivity index (χ1v) is 16.3. The molecule has 0 amide bonds. The number of benzene rings is 2. The van der Waals surface area contributed by atoms with Crippen molar-refractivity contribution < 1.29 is 28.1 Å². The Balaban J connectivity index is 1.46. The summed E-state index contributed by atoms with van der Waals surface area (Å²) >= 11 is 0. The summed E-state index contributed by atoms with van der Waals surface area (Å²) in [6.07, 6.45) is 2.72. The lowest BCUT2D eigenvalue weighted by Gasteiger charge is -2.38. The molecule has 2 aromatic heterocycles. The fourth-order valence-electron chi connectivity index (χ4n) is 7.90. The zero-order valence-corrected chi connectivity index (χ0v) is 26.8. The molecule has 4 aromatic rings. The lowest BCUT2D eigenvalue weighted by molar-refractivity contribution is 0.0447. The van der Waals surface area contributed by atoms with Crippen molar-refractivity contribution in [1.29, 1.82) is 0 Å². The van der Waals surface area contributed by atoms with Crippen LogP contribution in [0.2, 0.25) is 0 Å². The Kier molecular flexibility index (Phi) is 7.92. The molecule has 0 aliphatic carbocycles. The predicted molar refractivity (Wildman–Crippen MR) is 174 cm³/mol. The second-order valence-corrected chi connectivity index (χ2v) is 13.4. The van der Waals surface area contributed by atoms with Gasteiger partial charge in [-0.2, -0.15) is 9.97 Å². The van der Waals surface area contributed by atoms with Crippen LogP contribution in [0.4, 0.5) is 19.0 Å². The predicted octanol–water partition coefficient (Wildman–Crippen LogP) is 6.07. The number of aromatic nitrogens is 3. The van der Waals surface area contributed by atoms with Crippen LogP contribution in [0.25, 0.3) is 32.9 Å². The summed E-state index contributed by atoms with van der Waals surface area (Å²) in [6.45, 7) is 7.27. The zero-order chi connectivity index (χ0) is 33.1. The fraction of sp³-hybridized carbons (Fsp3) is 0.472. The lowest BCUT2D eigenvalue weighted by Crippen LogP contribution is -2.46. The number of fused-ring (bicyclic) bond motifs is 3. The number of aryl methyl sites for hydroxylation is 1. The number of aliphatic hydroxyl groups is 1. The number of pyridine rings is 1. The molecule has 1 unspecified atom stereocenters. The van der Waals surface area contributed by atoms with Crippen LogP contribution in [0.1, 0.15) is 64.1 Å². The Bertz CT molecular complexity index is 1960. The molecule has 11 heteroatoms. The van der Waals surface area contributed by atoms with E-state index in [1.165, 1.54) is 18.2 Å². The fourth-order valence-corrected chi connectivity index (χ4v) is 7.90. The normalized spacial score (nSPS) is 24.5. The van der Waals surface area contributed by atoms with Crippen LogP contribution in [-0.2, 0) is 6.42 Å². The van der Waals surface area contributed by atoms with E-state index in [4.69, 9.17) is 14.7 Å². The highest BCUT2D eigenvalue weighted by atomic mass is 19.1. The third-order valence-electron chi connectivity index (χ3n) is 9.96. The largest absolute Gasteiger partial charge is 0.508 e. The van der Waals surface area contributed by atoms with E-state index in [2.05, 4.69) is 21.7 Å². The zero-order valence-electron chi connectivity index (χ0n) is 26.8. The summed E-state index contributed by atoms with van der Waals surface area (Å²) < 4.78 is 53.0. The maximum absolute atomic E-state index is 17.1. The molecule has 2 aromatic carbocycles. The SMILES string of the molecule is CC#Cc1nc(-c2cc(O)cc3ccc(F)c(CC)c23)c(F)c2nc(OC[C@@]34CCCN3C[C@H](F)C4)nc(N3CCCC(C)(O)C3)c12. The van der Waals surface area contributed by atoms with Gasteiger partial charge in [-0.3, -0.25) is 4.90 Å². The number of anilines is 1. The van der Waals surface area contributed by atoms with Crippen molar-refractivity contribution in [2.45, 2.75) is 76.6 Å². The van der Waals surface area contributed by atoms with E-state index in [-0.39, 0.29) is 52.8 Å². The van der Waals surface area contributed by atoms with E-state index in [1.807, 2.05) is 11.8 Å². The minimum Gasteiger partial charge on any atom is -0.508 e. The van der Waals surface area contributed by atoms with Crippen LogP contribution < -0.4 is 9.64 Å². The average Bonchev–Trinajstić information content (AvgIpc) is 3.56. The molecule has 5 heterocycles. The number of aromatic hydroxyl groups is 1. The highest BCUT2D eigenvalue weighted by Gasteiger charge is 2.49. The van der Waals surface area contributed by atoms with E-state index < -0.39 is 28.9 Å². The highest BCUT2D eigenvalue weighted by Crippen LogP contribution is 2.43. The molecule has 3 saturated heterocycles. The number of halogens is 3. The molecule has 0 saturated carbocycles. The van der Waals surface area contributed by atoms with Crippen molar-refractivity contribution in [1.82, 2.24) is 19.9 Å². The van der Waals surface area contributed by atoms with Crippen molar-refractivity contribution in [3.05, 3.63) is 47.2 Å². The monoisotopic (exact) mass is 645 g/mol. The van der Waals surface area contributed by atoms with E-state index >= 15 is 8.78 Å². The van der Waals surface area contributed by atoms with Crippen molar-refractivity contribution in [3.63, 3.8) is 0 Å². The molecule has 0 bridgehead atoms. The van der Waals surface area contributed by atoms with Crippen LogP contribution in [0.3, 0.4) is 0 Å². The van der Waals surface area contributed by atoms with Crippen LogP contribution in [0.5, 0.6) is 11.8 Å². The molecule has 3 aliphatic rings. The maximum atomic E-state index is 17.1. The van der Waals surface area contributed by atoms with Gasteiger partial charge in [0.15, 0.2) is 5.82 Å². The number of alkyl halides is 1. The van der Waals surface area contributed by atoms with Gasteiger partial charge in [0.05, 0.1) is 16.5 Å². The minimum atomic E-state index is -1.01. The van der Waals surface area contributed by atoms with Crippen LogP contribution in [0.15, 0.2) is 24.3 Å². The van der Waals surface area contributed by atoms with Crippen molar-refractivity contribution >= 4 is 27.5 Å². The van der Waals surface area contributed by atoms with Gasteiger partial charge in [-0.05, 0) is 93.0 Å². The van der Waals surface area contributed by atoms with E-state index in [0.717, 1.165) is 19.4 Å². The number of piperidine rings is 1. The number of nitrogens with zero attached hydrogens (tertiary/aromatic N) is 5. The van der Waals surface area contributed by atoms with Crippen molar-refractivity contribution in [2.75, 3.05) is 37.7 Å². The number of hydrogen-bond acceptors (Lipinski definition) is 8. The van der Waals surface area contributed by atoms with Gasteiger partial charge in [-0.1, -0.05) is 18.9 Å². The third kappa shape index (κ3) is 5.51. The summed E-state index contributed by atoms with van der Waals surface area (Å²) in [4.78, 5) is 18.1. The molecule has 3 aliphatic heterocycles. The summed E-state index contributed by atoms with van der Waals surface area (Å²) in [7, 11) is 0. The summed E-state index contributed by atoms with van der Waals surface area (Å²) in [6, 6.07) is 5.69. The Hall–Kier alpha value is -4.14. The molecule has 7 rings (SSSR count). The number of phenolic OH excluding ortho intramolecular Hbond substituents is 1. The second-order valence-electron chi connectivity index (χ2n) is 13.4. The molecule has 8 nitrogen and oxygen atoms in total. The van der Waals surface area contributed by atoms with Crippen LogP contribution >= 0.6 is 0 Å². The van der Waals surface area contributed by atoms with Gasteiger partial charge >= 0.3 is 6.01 Å². The molecule has 3 atom stereocenters. The van der Waals surface area contributed by atoms with Gasteiger partial charge < -0.3 is 19.8 Å². The van der Waals surface area contributed by atoms with Gasteiger partial charge in [-0.25, -0.2) is 18.2 Å². The molecular formula is C36H38F3N5O3. The second kappa shape index (κ2) is 11.8. The van der Waals surface area contributed by atoms with E-state index in [9.17, 15) is 14.6 Å². The first-order chi connectivity index (χ1) is 22.5. The Labute approximate surface area is 271 Å². The number of ether oxygens (including phenoxy) is 1. The third-order valence-corrected chi connectivity index (χ3v) is 9.96. The highest BCUT2D eigenvalue weighted by molar-refractivity contribution is 6.03. The molecule has 47 heavy (non-hydrogen) atoms. The molecule has 2 N–H and O–H groups in total. The Morgan fingerprint density at radius 3 is 2.66 bits per heavy atom. The first-order valence-electron chi connectivity index (χ1n) is 16.3. The van der Waals surface area contributed by atoms with Crippen molar-refractivity contribution in [2.24, 2.45) is 0 Å². The van der Waals surface area contributed by atoms with Crippen LogP contribution in [0, 0.1) is 23.5 Å². The van der Waals surface area contributed by atoms with Gasteiger partial charge in [-0.15, -0.1) is 0 Å². The number of β-amino-alcohol motifs (C(OH)–C–C–N with tert-alkyl or cyclic N) is 1. The molecule has 0 radical (unpaired) electrons. The number of hydrogen-bond donors (Lipinski definition) is 2. The quantitative estimate of drug-likeness (QED) is 0.244. The first kappa shape index (κ1) is 31.5. The number of rotatable bonds is 6. The number of phenols is 1. The van der Waals surface area contributed by atoms with Gasteiger partial charge in [0.25, 0.3) is 0 Å². The van der Waals surface area contributed by atoms with E-state index in [0.29, 0.717) is 60.9 Å². The summed E-state index contributed by atoms with van der Waals surface area (Å²) in [5.41, 5.74) is -0.952. The molecular weight excluding hydrogens is 607 g/mol. The van der Waals surface area contributed by atoms with Gasteiger partial charge in [0.2, 0.25) is 0 Å². The van der Waals surface area contributed by atoms with Crippen molar-refractivity contribution in [3.8, 4) is 34.9 Å². The Morgan fingerprint density at radius 2 is 1.89 bits per heavy atom. The van der Waals surface area contributed by atoms with Gasteiger partial charge in [0, 0.05) is 31.6 Å². The van der Waals surface area contributed by atoms with E-state index in [1.54, 1.807) is 19.9 Å². The molecule has 246 valence electrons. The summed E-state index contributed by atoms with van der Waals surface area (Å²) in [5, 5.41) is 22.9. The topological polar surface area (TPSA) is 94.8 Å². The van der Waals surface area contributed by atoms with Crippen LogP contribution in [-0.4, -0.2) is 80.2 Å². The Morgan fingerprint density at radius 1 is 1.09 bits per heavy atom. The minimum absolute atomic E-state index is 0.0752. The standard InChI is InChI=1S/C36H38F3N5O3/c1-4-8-27-29-32(30(39)31(40-27)25-16-23(45)15-21-9-10-26(38)24(5-2)28(21)25)41-34(42-33(29)43-13-6-11-35(3,46)19-43)47-20-36-12-7-14-44(36)18-22(37)17-36/h9-10,15-16,22,45-46H,5-7,11-14,17-20H2,1-3H3/t22-,35?,36+/m1/s1. The summed E-state index contributed by atoms with van der Waals surface area (Å²) in [5.74, 6) is 4.82. The lowest BCUT2D eigenvalue weighted by atomic mass is 9.93. The molecule has 3 fully saturated rings. The maximum Gasteiger partial charge on any atom is 0.319 e.